The van der Waals surface area contributed by atoms with Crippen LogP contribution in [0.4, 0.5) is 16.2 Å². The van der Waals surface area contributed by atoms with Gasteiger partial charge in [0.2, 0.25) is 0 Å². The number of methoxy groups -OCH3 is 2. The fourth-order valence-corrected chi connectivity index (χ4v) is 2.75. The highest BCUT2D eigenvalue weighted by molar-refractivity contribution is 5.92. The highest BCUT2D eigenvalue weighted by Gasteiger charge is 2.37. The van der Waals surface area contributed by atoms with Gasteiger partial charge >= 0.3 is 12.1 Å². The Kier molecular flexibility index (Phi) is 5.97. The molecule has 26 heavy (non-hydrogen) atoms. The van der Waals surface area contributed by atoms with E-state index in [0.717, 1.165) is 0 Å². The first-order valence-electron chi connectivity index (χ1n) is 8.39. The van der Waals surface area contributed by atoms with E-state index in [0.29, 0.717) is 30.0 Å². The van der Waals surface area contributed by atoms with E-state index < -0.39 is 11.6 Å². The number of rotatable bonds is 4. The topological polar surface area (TPSA) is 103 Å². The lowest BCUT2D eigenvalue weighted by Gasteiger charge is -2.24. The number of hydrogen-bond acceptors (Lipinski definition) is 7. The van der Waals surface area contributed by atoms with Crippen LogP contribution in [0, 0.1) is 0 Å². The number of likely N-dealkylation sites (tertiary alicyclic amines) is 1. The quantitative estimate of drug-likeness (QED) is 0.622. The summed E-state index contributed by atoms with van der Waals surface area (Å²) in [7, 11) is 2.91. The third-order valence-electron chi connectivity index (χ3n) is 4.04. The van der Waals surface area contributed by atoms with Crippen LogP contribution < -0.4 is 11.1 Å². The Hall–Kier alpha value is -2.48. The maximum atomic E-state index is 12.3. The van der Waals surface area contributed by atoms with Crippen LogP contribution in [0.1, 0.15) is 31.1 Å². The smallest absolute Gasteiger partial charge is 0.410 e. The standard InChI is InChI=1S/C18H27N3O5/c1-18(2,3)26-17(23)21-9-14(15(10-21)24-4)20-13-8-11(16(22)25-5)6-7-12(13)19/h6-8,14-15,20H,9-10,19H2,1-5H3. The van der Waals surface area contributed by atoms with Gasteiger partial charge in [-0.3, -0.25) is 0 Å². The number of nitrogens with zero attached hydrogens (tertiary/aromatic N) is 1. The number of carbonyl (C=O) groups is 2. The molecule has 2 rings (SSSR count). The maximum absolute atomic E-state index is 12.3. The highest BCUT2D eigenvalue weighted by Crippen LogP contribution is 2.25. The summed E-state index contributed by atoms with van der Waals surface area (Å²) >= 11 is 0. The van der Waals surface area contributed by atoms with Crippen molar-refractivity contribution in [3.63, 3.8) is 0 Å². The van der Waals surface area contributed by atoms with Crippen molar-refractivity contribution in [3.8, 4) is 0 Å². The summed E-state index contributed by atoms with van der Waals surface area (Å²) in [5, 5.41) is 3.27. The van der Waals surface area contributed by atoms with E-state index in [-0.39, 0.29) is 18.2 Å². The Balaban J connectivity index is 2.13. The van der Waals surface area contributed by atoms with E-state index in [4.69, 9.17) is 19.9 Å². The Bertz CT molecular complexity index is 671. The van der Waals surface area contributed by atoms with Crippen LogP contribution in [-0.2, 0) is 14.2 Å². The van der Waals surface area contributed by atoms with Crippen LogP contribution in [-0.4, -0.2) is 62.0 Å². The van der Waals surface area contributed by atoms with Gasteiger partial charge in [0.1, 0.15) is 5.60 Å². The second-order valence-corrected chi connectivity index (χ2v) is 7.20. The molecular formula is C18H27N3O5. The molecule has 0 aromatic heterocycles. The number of nitrogens with two attached hydrogens (primary N) is 1. The Morgan fingerprint density at radius 1 is 1.23 bits per heavy atom. The molecule has 144 valence electrons. The summed E-state index contributed by atoms with van der Waals surface area (Å²) in [5.74, 6) is -0.446. The number of carbonyl (C=O) groups excluding carboxylic acids is 2. The van der Waals surface area contributed by atoms with Crippen LogP contribution in [0.25, 0.3) is 0 Å². The molecule has 1 amide bonds. The number of ether oxygens (including phenoxy) is 3. The molecule has 0 radical (unpaired) electrons. The van der Waals surface area contributed by atoms with Gasteiger partial charge in [0.25, 0.3) is 0 Å². The molecule has 2 unspecified atom stereocenters. The van der Waals surface area contributed by atoms with Crippen LogP contribution in [0.3, 0.4) is 0 Å². The minimum atomic E-state index is -0.565. The first-order chi connectivity index (χ1) is 12.1. The zero-order valence-corrected chi connectivity index (χ0v) is 15.9. The molecule has 3 N–H and O–H groups in total. The second kappa shape index (κ2) is 7.82. The van der Waals surface area contributed by atoms with Crippen molar-refractivity contribution >= 4 is 23.4 Å². The summed E-state index contributed by atoms with van der Waals surface area (Å²) in [5.41, 5.74) is 6.92. The van der Waals surface area contributed by atoms with E-state index >= 15 is 0 Å². The van der Waals surface area contributed by atoms with Crippen LogP contribution >= 0.6 is 0 Å². The average Bonchev–Trinajstić information content (AvgIpc) is 2.97. The molecule has 1 aliphatic heterocycles. The van der Waals surface area contributed by atoms with Crippen LogP contribution in [0.5, 0.6) is 0 Å². The molecule has 8 heteroatoms. The number of nitrogen functional groups attached to an aromatic ring is 1. The Morgan fingerprint density at radius 2 is 1.92 bits per heavy atom. The van der Waals surface area contributed by atoms with Crippen LogP contribution in [0.2, 0.25) is 0 Å². The molecule has 1 heterocycles. The molecule has 1 fully saturated rings. The summed E-state index contributed by atoms with van der Waals surface area (Å²) in [6.07, 6.45) is -0.621. The summed E-state index contributed by atoms with van der Waals surface area (Å²) in [6.45, 7) is 6.27. The number of anilines is 2. The van der Waals surface area contributed by atoms with E-state index in [1.54, 1.807) is 30.2 Å². The molecule has 1 aliphatic rings. The average molecular weight is 365 g/mol. The second-order valence-electron chi connectivity index (χ2n) is 7.20. The Morgan fingerprint density at radius 3 is 2.50 bits per heavy atom. The van der Waals surface area contributed by atoms with Crippen molar-refractivity contribution in [2.75, 3.05) is 38.4 Å². The zero-order chi connectivity index (χ0) is 19.5. The van der Waals surface area contributed by atoms with Crippen molar-refractivity contribution in [1.29, 1.82) is 0 Å². The van der Waals surface area contributed by atoms with Gasteiger partial charge < -0.3 is 30.2 Å². The van der Waals surface area contributed by atoms with Gasteiger partial charge in [0.15, 0.2) is 0 Å². The largest absolute Gasteiger partial charge is 0.465 e. The van der Waals surface area contributed by atoms with Gasteiger partial charge in [-0.05, 0) is 39.0 Å². The predicted molar refractivity (Wildman–Crippen MR) is 98.2 cm³/mol. The van der Waals surface area contributed by atoms with Gasteiger partial charge in [-0.2, -0.15) is 0 Å². The Labute approximate surface area is 153 Å². The predicted octanol–water partition coefficient (Wildman–Crippen LogP) is 2.10. The van der Waals surface area contributed by atoms with Gasteiger partial charge in [-0.25, -0.2) is 9.59 Å². The summed E-state index contributed by atoms with van der Waals surface area (Å²) in [4.78, 5) is 25.6. The number of hydrogen-bond donors (Lipinski definition) is 2. The minimum absolute atomic E-state index is 0.192. The third-order valence-corrected chi connectivity index (χ3v) is 4.04. The zero-order valence-electron chi connectivity index (χ0n) is 15.9. The molecule has 2 atom stereocenters. The number of benzene rings is 1. The lowest BCUT2D eigenvalue weighted by atomic mass is 10.1. The van der Waals surface area contributed by atoms with Gasteiger partial charge in [0.05, 0.1) is 42.7 Å². The molecule has 1 saturated heterocycles. The lowest BCUT2D eigenvalue weighted by molar-refractivity contribution is 0.0252. The van der Waals surface area contributed by atoms with Gasteiger partial charge in [0, 0.05) is 13.7 Å². The first-order valence-corrected chi connectivity index (χ1v) is 8.39. The SMILES string of the molecule is COC(=O)c1ccc(N)c(NC2CN(C(=O)OC(C)(C)C)CC2OC)c1. The first kappa shape index (κ1) is 19.8. The molecular weight excluding hydrogens is 338 g/mol. The van der Waals surface area contributed by atoms with E-state index in [1.165, 1.54) is 7.11 Å². The number of esters is 1. The number of nitrogens with one attached hydrogen (secondary N) is 1. The van der Waals surface area contributed by atoms with Gasteiger partial charge in [-0.1, -0.05) is 0 Å². The molecule has 0 bridgehead atoms. The van der Waals surface area contributed by atoms with Crippen molar-refractivity contribution in [2.24, 2.45) is 0 Å². The molecule has 0 spiro atoms. The fourth-order valence-electron chi connectivity index (χ4n) is 2.75. The lowest BCUT2D eigenvalue weighted by Crippen LogP contribution is -2.36. The van der Waals surface area contributed by atoms with Crippen LogP contribution in [0.15, 0.2) is 18.2 Å². The molecule has 1 aromatic rings. The van der Waals surface area contributed by atoms with E-state index in [9.17, 15) is 9.59 Å². The highest BCUT2D eigenvalue weighted by atomic mass is 16.6. The molecule has 0 aliphatic carbocycles. The van der Waals surface area contributed by atoms with Crippen molar-refractivity contribution in [2.45, 2.75) is 38.5 Å². The summed E-state index contributed by atoms with van der Waals surface area (Å²) in [6, 6.07) is 4.67. The molecule has 8 nitrogen and oxygen atoms in total. The van der Waals surface area contributed by atoms with Crippen molar-refractivity contribution in [1.82, 2.24) is 4.90 Å². The van der Waals surface area contributed by atoms with Gasteiger partial charge in [-0.15, -0.1) is 0 Å². The fraction of sp³-hybridized carbons (Fsp3) is 0.556. The third kappa shape index (κ3) is 4.78. The maximum Gasteiger partial charge on any atom is 0.410 e. The normalized spacial score (nSPS) is 20.0. The monoisotopic (exact) mass is 365 g/mol. The number of amides is 1. The van der Waals surface area contributed by atoms with E-state index in [2.05, 4.69) is 5.32 Å². The van der Waals surface area contributed by atoms with E-state index in [1.807, 2.05) is 20.8 Å². The minimum Gasteiger partial charge on any atom is -0.465 e. The van der Waals surface area contributed by atoms with Crippen molar-refractivity contribution < 1.29 is 23.8 Å². The molecule has 1 aromatic carbocycles. The van der Waals surface area contributed by atoms with Crippen molar-refractivity contribution in [3.05, 3.63) is 23.8 Å². The molecule has 0 saturated carbocycles. The summed E-state index contributed by atoms with van der Waals surface area (Å²) < 4.78 is 15.7.